The van der Waals surface area contributed by atoms with Gasteiger partial charge in [-0.05, 0) is 31.5 Å². The molecule has 0 N–H and O–H groups in total. The zero-order chi connectivity index (χ0) is 17.1. The number of aromatic nitrogens is 3. The van der Waals surface area contributed by atoms with Crippen LogP contribution in [0.15, 0.2) is 46.2 Å². The first-order valence-electron chi connectivity index (χ1n) is 7.36. The number of nitrogens with zero attached hydrogens (tertiary/aromatic N) is 3. The van der Waals surface area contributed by atoms with E-state index in [1.54, 1.807) is 19.3 Å². The fraction of sp³-hybridized carbons (Fsp3) is 0.235. The molecule has 0 bridgehead atoms. The Hall–Kier alpha value is -2.54. The predicted molar refractivity (Wildman–Crippen MR) is 90.4 cm³/mol. The van der Waals surface area contributed by atoms with E-state index in [4.69, 9.17) is 9.15 Å². The Morgan fingerprint density at radius 1 is 1.33 bits per heavy atom. The smallest absolute Gasteiger partial charge is 0.341 e. The van der Waals surface area contributed by atoms with Gasteiger partial charge < -0.3 is 9.15 Å². The molecule has 0 spiro atoms. The van der Waals surface area contributed by atoms with Crippen LogP contribution in [0.5, 0.6) is 0 Å². The highest BCUT2D eigenvalue weighted by atomic mass is 32.2. The average molecular weight is 343 g/mol. The number of thioether (sulfide) groups is 1. The van der Waals surface area contributed by atoms with Crippen LogP contribution in [0.25, 0.3) is 5.69 Å². The average Bonchev–Trinajstić information content (AvgIpc) is 3.19. The maximum absolute atomic E-state index is 11.6. The quantitative estimate of drug-likeness (QED) is 0.521. The largest absolute Gasteiger partial charge is 0.465 e. The Morgan fingerprint density at radius 2 is 2.12 bits per heavy atom. The number of aryl methyl sites for hydroxylation is 2. The van der Waals surface area contributed by atoms with Gasteiger partial charge in [0.05, 0.1) is 18.6 Å². The monoisotopic (exact) mass is 343 g/mol. The van der Waals surface area contributed by atoms with Crippen LogP contribution >= 0.6 is 11.8 Å². The van der Waals surface area contributed by atoms with Crippen molar-refractivity contribution in [3.8, 4) is 5.69 Å². The van der Waals surface area contributed by atoms with Crippen molar-refractivity contribution in [3.63, 3.8) is 0 Å². The molecule has 0 amide bonds. The normalized spacial score (nSPS) is 10.8. The lowest BCUT2D eigenvalue weighted by molar-refractivity contribution is 0.0599. The molecule has 3 rings (SSSR count). The van der Waals surface area contributed by atoms with Crippen LogP contribution in [-0.4, -0.2) is 27.8 Å². The molecule has 6 nitrogen and oxygen atoms in total. The number of para-hydroxylation sites is 1. The van der Waals surface area contributed by atoms with E-state index in [1.165, 1.54) is 18.9 Å². The summed E-state index contributed by atoms with van der Waals surface area (Å²) in [5.74, 6) is 1.40. The minimum absolute atomic E-state index is 0.393. The van der Waals surface area contributed by atoms with Crippen molar-refractivity contribution in [1.82, 2.24) is 14.8 Å². The van der Waals surface area contributed by atoms with E-state index in [2.05, 4.69) is 10.2 Å². The molecule has 0 radical (unpaired) electrons. The molecule has 124 valence electrons. The van der Waals surface area contributed by atoms with Crippen LogP contribution < -0.4 is 0 Å². The molecule has 0 atom stereocenters. The minimum atomic E-state index is -0.393. The highest BCUT2D eigenvalue weighted by Gasteiger charge is 2.16. The molecule has 2 heterocycles. The second-order valence-electron chi connectivity index (χ2n) is 5.23. The molecule has 7 heteroatoms. The summed E-state index contributed by atoms with van der Waals surface area (Å²) in [4.78, 5) is 11.6. The van der Waals surface area contributed by atoms with Crippen molar-refractivity contribution in [2.75, 3.05) is 7.11 Å². The summed E-state index contributed by atoms with van der Waals surface area (Å²) in [7, 11) is 1.36. The molecule has 0 unspecified atom stereocenters. The Labute approximate surface area is 143 Å². The first-order valence-corrected chi connectivity index (χ1v) is 8.35. The fourth-order valence-corrected chi connectivity index (χ4v) is 3.19. The molecule has 0 saturated heterocycles. The van der Waals surface area contributed by atoms with E-state index < -0.39 is 5.97 Å². The van der Waals surface area contributed by atoms with Crippen LogP contribution in [0, 0.1) is 13.8 Å². The molecular formula is C17H17N3O3S. The van der Waals surface area contributed by atoms with Gasteiger partial charge in [0.15, 0.2) is 5.16 Å². The van der Waals surface area contributed by atoms with Crippen molar-refractivity contribution >= 4 is 17.7 Å². The molecule has 0 aliphatic heterocycles. The maximum Gasteiger partial charge on any atom is 0.341 e. The van der Waals surface area contributed by atoms with Gasteiger partial charge in [-0.3, -0.25) is 4.57 Å². The van der Waals surface area contributed by atoms with Crippen LogP contribution in [0.2, 0.25) is 0 Å². The number of benzene rings is 1. The maximum atomic E-state index is 11.6. The van der Waals surface area contributed by atoms with Gasteiger partial charge in [0.2, 0.25) is 0 Å². The molecule has 1 aromatic carbocycles. The number of ether oxygens (including phenoxy) is 1. The molecule has 24 heavy (non-hydrogen) atoms. The summed E-state index contributed by atoms with van der Waals surface area (Å²) in [5.41, 5.74) is 2.63. The van der Waals surface area contributed by atoms with Crippen molar-refractivity contribution in [2.24, 2.45) is 0 Å². The number of carbonyl (C=O) groups is 1. The van der Waals surface area contributed by atoms with E-state index in [9.17, 15) is 4.79 Å². The van der Waals surface area contributed by atoms with Crippen LogP contribution in [-0.2, 0) is 10.5 Å². The first-order chi connectivity index (χ1) is 11.6. The third-order valence-corrected chi connectivity index (χ3v) is 4.57. The second-order valence-corrected chi connectivity index (χ2v) is 6.18. The van der Waals surface area contributed by atoms with Gasteiger partial charge in [0, 0.05) is 0 Å². The minimum Gasteiger partial charge on any atom is -0.465 e. The fourth-order valence-electron chi connectivity index (χ4n) is 2.38. The topological polar surface area (TPSA) is 70.2 Å². The number of rotatable bonds is 5. The van der Waals surface area contributed by atoms with E-state index in [-0.39, 0.29) is 0 Å². The summed E-state index contributed by atoms with van der Waals surface area (Å²) >= 11 is 1.50. The lowest BCUT2D eigenvalue weighted by Crippen LogP contribution is -2.00. The zero-order valence-corrected chi connectivity index (χ0v) is 14.5. The van der Waals surface area contributed by atoms with Gasteiger partial charge in [-0.2, -0.15) is 0 Å². The number of furan rings is 1. The molecule has 0 fully saturated rings. The third-order valence-electron chi connectivity index (χ3n) is 3.61. The summed E-state index contributed by atoms with van der Waals surface area (Å²) in [6, 6.07) is 9.76. The van der Waals surface area contributed by atoms with Crippen molar-refractivity contribution in [1.29, 1.82) is 0 Å². The van der Waals surface area contributed by atoms with Crippen LogP contribution in [0.1, 0.15) is 27.4 Å². The van der Waals surface area contributed by atoms with Gasteiger partial charge in [-0.25, -0.2) is 4.79 Å². The van der Waals surface area contributed by atoms with Gasteiger partial charge in [0.1, 0.15) is 23.4 Å². The second kappa shape index (κ2) is 6.92. The summed E-state index contributed by atoms with van der Waals surface area (Å²) in [6.45, 7) is 3.79. The number of hydrogen-bond acceptors (Lipinski definition) is 6. The van der Waals surface area contributed by atoms with Crippen LogP contribution in [0.4, 0.5) is 0 Å². The Balaban J connectivity index is 1.78. The standard InChI is InChI=1S/C17H17N3O3S/c1-11-6-4-5-7-15(11)20-10-18-19-17(20)24-9-13-8-14(12(2)23-13)16(21)22-3/h4-8,10H,9H2,1-3H3. The summed E-state index contributed by atoms with van der Waals surface area (Å²) in [5, 5.41) is 8.94. The van der Waals surface area contributed by atoms with Crippen molar-refractivity contribution in [3.05, 3.63) is 59.3 Å². The van der Waals surface area contributed by atoms with E-state index >= 15 is 0 Å². The van der Waals surface area contributed by atoms with Gasteiger partial charge in [0.25, 0.3) is 0 Å². The van der Waals surface area contributed by atoms with Gasteiger partial charge in [-0.1, -0.05) is 30.0 Å². The van der Waals surface area contributed by atoms with E-state index in [0.717, 1.165) is 16.4 Å². The summed E-state index contributed by atoms with van der Waals surface area (Å²) < 4.78 is 12.3. The Morgan fingerprint density at radius 3 is 2.88 bits per heavy atom. The number of esters is 1. The Bertz CT molecular complexity index is 870. The highest BCUT2D eigenvalue weighted by Crippen LogP contribution is 2.26. The molecule has 2 aromatic heterocycles. The highest BCUT2D eigenvalue weighted by molar-refractivity contribution is 7.98. The summed E-state index contributed by atoms with van der Waals surface area (Å²) in [6.07, 6.45) is 1.69. The number of methoxy groups -OCH3 is 1. The molecule has 0 aliphatic carbocycles. The molecule has 3 aromatic rings. The van der Waals surface area contributed by atoms with Gasteiger partial charge in [-0.15, -0.1) is 10.2 Å². The SMILES string of the molecule is COC(=O)c1cc(CSc2nncn2-c2ccccc2C)oc1C. The van der Waals surface area contributed by atoms with E-state index in [1.807, 2.05) is 35.8 Å². The molecule has 0 aliphatic rings. The Kier molecular flexibility index (Phi) is 4.71. The lowest BCUT2D eigenvalue weighted by atomic mass is 10.2. The van der Waals surface area contributed by atoms with E-state index in [0.29, 0.717) is 22.8 Å². The molecule has 0 saturated carbocycles. The van der Waals surface area contributed by atoms with Gasteiger partial charge >= 0.3 is 5.97 Å². The zero-order valence-electron chi connectivity index (χ0n) is 13.6. The third kappa shape index (κ3) is 3.21. The lowest BCUT2D eigenvalue weighted by Gasteiger charge is -2.08. The number of carbonyl (C=O) groups excluding carboxylic acids is 1. The number of hydrogen-bond donors (Lipinski definition) is 0. The van der Waals surface area contributed by atoms with Crippen molar-refractivity contribution < 1.29 is 13.9 Å². The predicted octanol–water partition coefficient (Wildman–Crippen LogP) is 3.56. The first kappa shape index (κ1) is 16.3. The molecular weight excluding hydrogens is 326 g/mol. The van der Waals surface area contributed by atoms with Crippen LogP contribution in [0.3, 0.4) is 0 Å². The van der Waals surface area contributed by atoms with Crippen molar-refractivity contribution in [2.45, 2.75) is 24.8 Å².